The van der Waals surface area contributed by atoms with Crippen molar-refractivity contribution in [3.63, 3.8) is 0 Å². The van der Waals surface area contributed by atoms with E-state index in [0.29, 0.717) is 5.69 Å². The van der Waals surface area contributed by atoms with E-state index < -0.39 is 11.7 Å². The van der Waals surface area contributed by atoms with Crippen molar-refractivity contribution in [2.24, 2.45) is 0 Å². The second kappa shape index (κ2) is 7.64. The SMILES string of the molecule is C/C(O)=C(\C#N)C(=S)Nc1ccc(C(F)(F)F)cc1.[Na]. The molecule has 0 fully saturated rings. The van der Waals surface area contributed by atoms with E-state index in [-0.39, 0.29) is 45.9 Å². The number of nitrogens with one attached hydrogen (secondary N) is 1. The Morgan fingerprint density at radius 2 is 1.80 bits per heavy atom. The number of aliphatic hydroxyl groups is 1. The molecule has 0 aliphatic heterocycles. The molecule has 0 amide bonds. The largest absolute Gasteiger partial charge is 0.511 e. The van der Waals surface area contributed by atoms with Crippen molar-refractivity contribution in [1.29, 1.82) is 5.26 Å². The molecule has 8 heteroatoms. The average Bonchev–Trinajstić information content (AvgIpc) is 2.28. The molecule has 0 atom stereocenters. The van der Waals surface area contributed by atoms with Crippen LogP contribution in [0, 0.1) is 11.3 Å². The zero-order chi connectivity index (χ0) is 14.6. The molecule has 0 saturated carbocycles. The molecule has 0 aliphatic rings. The van der Waals surface area contributed by atoms with Gasteiger partial charge >= 0.3 is 6.18 Å². The summed E-state index contributed by atoms with van der Waals surface area (Å²) in [5.74, 6) is -0.257. The molecule has 1 rings (SSSR count). The molecule has 101 valence electrons. The fourth-order valence-corrected chi connectivity index (χ4v) is 1.54. The first-order chi connectivity index (χ1) is 8.75. The summed E-state index contributed by atoms with van der Waals surface area (Å²) in [6, 6.07) is 5.88. The number of allylic oxidation sites excluding steroid dienone is 1. The van der Waals surface area contributed by atoms with Gasteiger partial charge in [-0.25, -0.2) is 0 Å². The van der Waals surface area contributed by atoms with Crippen molar-refractivity contribution in [1.82, 2.24) is 0 Å². The normalized spacial score (nSPS) is 11.8. The zero-order valence-corrected chi connectivity index (χ0v) is 13.6. The third-order valence-electron chi connectivity index (χ3n) is 2.17. The minimum absolute atomic E-state index is 0. The average molecular weight is 309 g/mol. The van der Waals surface area contributed by atoms with Gasteiger partial charge in [-0.2, -0.15) is 18.4 Å². The summed E-state index contributed by atoms with van der Waals surface area (Å²) in [6.07, 6.45) is -4.40. The number of hydrogen-bond donors (Lipinski definition) is 2. The number of anilines is 1. The molecule has 20 heavy (non-hydrogen) atoms. The summed E-state index contributed by atoms with van der Waals surface area (Å²) in [5, 5.41) is 20.5. The van der Waals surface area contributed by atoms with Crippen LogP contribution in [0.1, 0.15) is 12.5 Å². The number of halogens is 3. The van der Waals surface area contributed by atoms with Gasteiger partial charge in [-0.15, -0.1) is 0 Å². The monoisotopic (exact) mass is 309 g/mol. The molecule has 3 nitrogen and oxygen atoms in total. The zero-order valence-electron chi connectivity index (χ0n) is 10.7. The van der Waals surface area contributed by atoms with Gasteiger partial charge in [0, 0.05) is 35.2 Å². The summed E-state index contributed by atoms with van der Waals surface area (Å²) < 4.78 is 37.0. The van der Waals surface area contributed by atoms with Gasteiger partial charge < -0.3 is 10.4 Å². The third kappa shape index (κ3) is 5.13. The van der Waals surface area contributed by atoms with Crippen LogP contribution in [0.15, 0.2) is 35.6 Å². The van der Waals surface area contributed by atoms with Gasteiger partial charge in [0.15, 0.2) is 0 Å². The number of thiocarbonyl (C=S) groups is 1. The van der Waals surface area contributed by atoms with E-state index in [0.717, 1.165) is 12.1 Å². The Morgan fingerprint density at radius 1 is 1.30 bits per heavy atom. The molecule has 1 radical (unpaired) electrons. The van der Waals surface area contributed by atoms with Crippen LogP contribution in [0.25, 0.3) is 0 Å². The minimum atomic E-state index is -4.40. The van der Waals surface area contributed by atoms with E-state index >= 15 is 0 Å². The van der Waals surface area contributed by atoms with Gasteiger partial charge in [0.1, 0.15) is 22.4 Å². The van der Waals surface area contributed by atoms with E-state index in [9.17, 15) is 18.3 Å². The van der Waals surface area contributed by atoms with E-state index in [1.54, 1.807) is 6.07 Å². The number of aliphatic hydroxyl groups excluding tert-OH is 1. The predicted octanol–water partition coefficient (Wildman–Crippen LogP) is 3.42. The first-order valence-electron chi connectivity index (χ1n) is 5.04. The van der Waals surface area contributed by atoms with Gasteiger partial charge in [0.05, 0.1) is 5.56 Å². The smallest absolute Gasteiger partial charge is 0.416 e. The molecule has 0 aliphatic carbocycles. The number of hydrogen-bond acceptors (Lipinski definition) is 3. The summed E-state index contributed by atoms with van der Waals surface area (Å²) in [4.78, 5) is -0.0535. The second-order valence-electron chi connectivity index (χ2n) is 3.60. The maximum Gasteiger partial charge on any atom is 0.416 e. The first-order valence-corrected chi connectivity index (χ1v) is 5.45. The number of rotatable bonds is 2. The van der Waals surface area contributed by atoms with E-state index in [2.05, 4.69) is 5.32 Å². The van der Waals surface area contributed by atoms with Gasteiger partial charge in [-0.1, -0.05) is 12.2 Å². The van der Waals surface area contributed by atoms with Crippen molar-refractivity contribution < 1.29 is 18.3 Å². The molecule has 0 spiro atoms. The van der Waals surface area contributed by atoms with Crippen LogP contribution in [0.4, 0.5) is 18.9 Å². The Bertz CT molecular complexity index is 558. The van der Waals surface area contributed by atoms with Crippen molar-refractivity contribution in [2.45, 2.75) is 13.1 Å². The molecule has 0 unspecified atom stereocenters. The van der Waals surface area contributed by atoms with Gasteiger partial charge in [-0.05, 0) is 31.2 Å². The van der Waals surface area contributed by atoms with E-state index in [4.69, 9.17) is 17.5 Å². The van der Waals surface area contributed by atoms with Gasteiger partial charge in [0.2, 0.25) is 0 Å². The Morgan fingerprint density at radius 3 is 2.15 bits per heavy atom. The predicted molar refractivity (Wildman–Crippen MR) is 74.4 cm³/mol. The molecule has 1 aromatic carbocycles. The molecular formula is C12H9F3N2NaOS. The second-order valence-corrected chi connectivity index (χ2v) is 4.01. The van der Waals surface area contributed by atoms with Crippen LogP contribution in [0.3, 0.4) is 0 Å². The topological polar surface area (TPSA) is 56.0 Å². The standard InChI is InChI=1S/C12H9F3N2OS.Na/c1-7(18)10(6-16)11(19)17-9-4-2-8(3-5-9)12(13,14)15;/h2-5,18H,1H3,(H,17,19);/b10-7-;. The first kappa shape index (κ1) is 18.9. The summed E-state index contributed by atoms with van der Waals surface area (Å²) in [5.41, 5.74) is -0.611. The van der Waals surface area contributed by atoms with Crippen LogP contribution in [0.5, 0.6) is 0 Å². The fourth-order valence-electron chi connectivity index (χ4n) is 1.23. The molecule has 2 N–H and O–H groups in total. The molecule has 1 aromatic rings. The van der Waals surface area contributed by atoms with Crippen LogP contribution in [-0.2, 0) is 6.18 Å². The maximum absolute atomic E-state index is 12.3. The van der Waals surface area contributed by atoms with Crippen LogP contribution >= 0.6 is 12.2 Å². The van der Waals surface area contributed by atoms with Gasteiger partial charge in [0.25, 0.3) is 0 Å². The van der Waals surface area contributed by atoms with Crippen molar-refractivity contribution in [3.05, 3.63) is 41.2 Å². The van der Waals surface area contributed by atoms with Crippen LogP contribution in [-0.4, -0.2) is 39.7 Å². The van der Waals surface area contributed by atoms with Crippen LogP contribution < -0.4 is 5.32 Å². The van der Waals surface area contributed by atoms with Crippen molar-refractivity contribution in [2.75, 3.05) is 5.32 Å². The number of nitrogens with zero attached hydrogens (tertiary/aromatic N) is 1. The van der Waals surface area contributed by atoms with Crippen molar-refractivity contribution in [3.8, 4) is 6.07 Å². The minimum Gasteiger partial charge on any atom is -0.511 e. The summed E-state index contributed by atoms with van der Waals surface area (Å²) >= 11 is 4.87. The molecule has 0 heterocycles. The maximum atomic E-state index is 12.3. The quantitative estimate of drug-likeness (QED) is 0.289. The number of alkyl halides is 3. The molecule has 0 bridgehead atoms. The Kier molecular flexibility index (Phi) is 7.23. The Labute approximate surface area is 141 Å². The number of nitriles is 1. The van der Waals surface area contributed by atoms with Crippen LogP contribution in [0.2, 0.25) is 0 Å². The van der Waals surface area contributed by atoms with Crippen molar-refractivity contribution >= 4 is 52.5 Å². The van der Waals surface area contributed by atoms with E-state index in [1.165, 1.54) is 19.1 Å². The van der Waals surface area contributed by atoms with E-state index in [1.807, 2.05) is 0 Å². The fraction of sp³-hybridized carbons (Fsp3) is 0.167. The third-order valence-corrected chi connectivity index (χ3v) is 2.48. The summed E-state index contributed by atoms with van der Waals surface area (Å²) in [6.45, 7) is 1.29. The Hall–Kier alpha value is -1.07. The Balaban J connectivity index is 0.00000361. The molecule has 0 saturated heterocycles. The molecule has 0 aromatic heterocycles. The summed E-state index contributed by atoms with van der Waals surface area (Å²) in [7, 11) is 0. The molecular weight excluding hydrogens is 300 g/mol. The number of benzene rings is 1. The van der Waals surface area contributed by atoms with Gasteiger partial charge in [-0.3, -0.25) is 0 Å².